The number of nitrogens with zero attached hydrogens (tertiary/aromatic N) is 2. The van der Waals surface area contributed by atoms with E-state index in [0.29, 0.717) is 35.4 Å². The topological polar surface area (TPSA) is 61.2 Å². The quantitative estimate of drug-likeness (QED) is 0.382. The molecule has 1 aliphatic rings. The third-order valence-corrected chi connectivity index (χ3v) is 4.56. The number of esters is 1. The molecule has 6 heteroatoms. The van der Waals surface area contributed by atoms with E-state index >= 15 is 0 Å². The second-order valence-electron chi connectivity index (χ2n) is 6.08. The molecule has 3 aromatic rings. The zero-order chi connectivity index (χ0) is 17.6. The van der Waals surface area contributed by atoms with Gasteiger partial charge in [0, 0.05) is 19.0 Å². The van der Waals surface area contributed by atoms with Gasteiger partial charge >= 0.3 is 5.97 Å². The predicted octanol–water partition coefficient (Wildman–Crippen LogP) is 3.15. The summed E-state index contributed by atoms with van der Waals surface area (Å²) in [5.74, 6) is 0.580. The lowest BCUT2D eigenvalue weighted by Crippen LogP contribution is -2.26. The Morgan fingerprint density at radius 2 is 2.08 bits per heavy atom. The molecule has 5 nitrogen and oxygen atoms in total. The standard InChI is InChI=1S/C19H15ClN2O3/c1-11(23)25-14-7-6-12-8-13(20)10-22-18(16(12)9-14)21-17-5-3-2-4-15(17)19(22)24/h2-7,9,13H,8,10H2,1H3. The molecule has 0 aliphatic carbocycles. The molecule has 0 fully saturated rings. The minimum Gasteiger partial charge on any atom is -0.427 e. The van der Waals surface area contributed by atoms with Crippen molar-refractivity contribution in [1.29, 1.82) is 0 Å². The fraction of sp³-hybridized carbons (Fsp3) is 0.211. The normalized spacial score (nSPS) is 16.0. The van der Waals surface area contributed by atoms with E-state index in [1.807, 2.05) is 24.3 Å². The summed E-state index contributed by atoms with van der Waals surface area (Å²) in [5.41, 5.74) is 2.27. The van der Waals surface area contributed by atoms with E-state index in [-0.39, 0.29) is 10.9 Å². The monoisotopic (exact) mass is 354 g/mol. The Bertz CT molecular complexity index is 1060. The SMILES string of the molecule is CC(=O)Oc1ccc2c(c1)-c1nc3ccccc3c(=O)n1CC(Cl)C2. The number of alkyl halides is 1. The number of halogens is 1. The maximum atomic E-state index is 12.9. The van der Waals surface area contributed by atoms with Gasteiger partial charge in [-0.3, -0.25) is 14.2 Å². The second kappa shape index (κ2) is 6.01. The maximum Gasteiger partial charge on any atom is 0.308 e. The summed E-state index contributed by atoms with van der Waals surface area (Å²) in [4.78, 5) is 28.9. The molecule has 0 radical (unpaired) electrons. The van der Waals surface area contributed by atoms with Gasteiger partial charge in [-0.05, 0) is 36.2 Å². The van der Waals surface area contributed by atoms with Crippen molar-refractivity contribution in [2.24, 2.45) is 0 Å². The summed E-state index contributed by atoms with van der Waals surface area (Å²) in [6.45, 7) is 1.73. The summed E-state index contributed by atoms with van der Waals surface area (Å²) < 4.78 is 6.81. The van der Waals surface area contributed by atoms with Gasteiger partial charge in [-0.2, -0.15) is 0 Å². The molecular weight excluding hydrogens is 340 g/mol. The average Bonchev–Trinajstić information content (AvgIpc) is 2.71. The van der Waals surface area contributed by atoms with Crippen LogP contribution in [0.5, 0.6) is 5.75 Å². The molecule has 0 bridgehead atoms. The molecule has 1 atom stereocenters. The largest absolute Gasteiger partial charge is 0.427 e. The van der Waals surface area contributed by atoms with Crippen LogP contribution in [0.1, 0.15) is 12.5 Å². The summed E-state index contributed by atoms with van der Waals surface area (Å²) in [5, 5.41) is 0.343. The van der Waals surface area contributed by atoms with Crippen molar-refractivity contribution in [3.63, 3.8) is 0 Å². The molecule has 0 saturated carbocycles. The molecule has 2 aromatic carbocycles. The van der Waals surface area contributed by atoms with E-state index in [9.17, 15) is 9.59 Å². The predicted molar refractivity (Wildman–Crippen MR) is 96.1 cm³/mol. The molecule has 25 heavy (non-hydrogen) atoms. The molecule has 126 valence electrons. The summed E-state index contributed by atoms with van der Waals surface area (Å²) >= 11 is 6.45. The Morgan fingerprint density at radius 1 is 1.28 bits per heavy atom. The van der Waals surface area contributed by atoms with Crippen LogP contribution in [0.15, 0.2) is 47.3 Å². The highest BCUT2D eigenvalue weighted by Gasteiger charge is 2.23. The van der Waals surface area contributed by atoms with Crippen molar-refractivity contribution < 1.29 is 9.53 Å². The van der Waals surface area contributed by atoms with Crippen molar-refractivity contribution in [2.75, 3.05) is 0 Å². The third-order valence-electron chi connectivity index (χ3n) is 4.27. The van der Waals surface area contributed by atoms with Crippen LogP contribution in [-0.4, -0.2) is 20.9 Å². The van der Waals surface area contributed by atoms with Gasteiger partial charge < -0.3 is 4.74 Å². The Hall–Kier alpha value is -2.66. The number of hydrogen-bond donors (Lipinski definition) is 0. The lowest BCUT2D eigenvalue weighted by atomic mass is 10.0. The number of ether oxygens (including phenoxy) is 1. The zero-order valence-corrected chi connectivity index (χ0v) is 14.3. The van der Waals surface area contributed by atoms with Crippen LogP contribution in [0, 0.1) is 0 Å². The first-order valence-corrected chi connectivity index (χ1v) is 8.42. The zero-order valence-electron chi connectivity index (χ0n) is 13.5. The fourth-order valence-corrected chi connectivity index (χ4v) is 3.52. The molecule has 0 amide bonds. The first-order valence-electron chi connectivity index (χ1n) is 7.98. The van der Waals surface area contributed by atoms with Crippen molar-refractivity contribution in [1.82, 2.24) is 9.55 Å². The van der Waals surface area contributed by atoms with E-state index in [2.05, 4.69) is 0 Å². The lowest BCUT2D eigenvalue weighted by Gasteiger charge is -2.13. The van der Waals surface area contributed by atoms with Crippen molar-refractivity contribution >= 4 is 28.5 Å². The number of para-hydroxylation sites is 1. The number of aromatic nitrogens is 2. The molecule has 0 saturated heterocycles. The summed E-state index contributed by atoms with van der Waals surface area (Å²) in [6, 6.07) is 12.6. The van der Waals surface area contributed by atoms with Crippen LogP contribution in [0.4, 0.5) is 0 Å². The maximum absolute atomic E-state index is 12.9. The molecule has 4 rings (SSSR count). The van der Waals surface area contributed by atoms with Gasteiger partial charge in [-0.15, -0.1) is 11.6 Å². The number of hydrogen-bond acceptors (Lipinski definition) is 4. The average molecular weight is 355 g/mol. The van der Waals surface area contributed by atoms with Crippen molar-refractivity contribution in [3.8, 4) is 17.1 Å². The van der Waals surface area contributed by atoms with E-state index in [1.54, 1.807) is 22.8 Å². The molecule has 2 heterocycles. The highest BCUT2D eigenvalue weighted by Crippen LogP contribution is 2.32. The van der Waals surface area contributed by atoms with E-state index < -0.39 is 5.97 Å². The Balaban J connectivity index is 2.02. The van der Waals surface area contributed by atoms with Crippen molar-refractivity contribution in [2.45, 2.75) is 25.3 Å². The van der Waals surface area contributed by atoms with Gasteiger partial charge in [0.25, 0.3) is 5.56 Å². The molecule has 1 aliphatic heterocycles. The number of benzene rings is 2. The van der Waals surface area contributed by atoms with E-state index in [0.717, 1.165) is 11.1 Å². The van der Waals surface area contributed by atoms with E-state index in [1.165, 1.54) is 6.92 Å². The smallest absolute Gasteiger partial charge is 0.308 e. The number of carbonyl (C=O) groups excluding carboxylic acids is 1. The molecule has 0 N–H and O–H groups in total. The van der Waals surface area contributed by atoms with E-state index in [4.69, 9.17) is 21.3 Å². The number of rotatable bonds is 1. The highest BCUT2D eigenvalue weighted by molar-refractivity contribution is 6.20. The summed E-state index contributed by atoms with van der Waals surface area (Å²) in [7, 11) is 0. The third kappa shape index (κ3) is 2.81. The number of fused-ring (bicyclic) bond motifs is 4. The van der Waals surface area contributed by atoms with Crippen LogP contribution < -0.4 is 10.3 Å². The lowest BCUT2D eigenvalue weighted by molar-refractivity contribution is -0.131. The van der Waals surface area contributed by atoms with Gasteiger partial charge in [0.15, 0.2) is 0 Å². The van der Waals surface area contributed by atoms with Crippen LogP contribution >= 0.6 is 11.6 Å². The van der Waals surface area contributed by atoms with Crippen LogP contribution in [-0.2, 0) is 17.8 Å². The Labute approximate surface area is 148 Å². The van der Waals surface area contributed by atoms with Gasteiger partial charge in [0.05, 0.1) is 16.3 Å². The van der Waals surface area contributed by atoms with Crippen LogP contribution in [0.2, 0.25) is 0 Å². The minimum absolute atomic E-state index is 0.114. The summed E-state index contributed by atoms with van der Waals surface area (Å²) in [6.07, 6.45) is 0.608. The van der Waals surface area contributed by atoms with Gasteiger partial charge in [-0.1, -0.05) is 18.2 Å². The molecule has 0 spiro atoms. The first kappa shape index (κ1) is 15.8. The van der Waals surface area contributed by atoms with Crippen molar-refractivity contribution in [3.05, 3.63) is 58.4 Å². The first-order chi connectivity index (χ1) is 12.0. The van der Waals surface area contributed by atoms with Gasteiger partial charge in [-0.25, -0.2) is 4.98 Å². The van der Waals surface area contributed by atoms with Crippen LogP contribution in [0.3, 0.4) is 0 Å². The fourth-order valence-electron chi connectivity index (χ4n) is 3.22. The Morgan fingerprint density at radius 3 is 2.88 bits per heavy atom. The number of carbonyl (C=O) groups is 1. The minimum atomic E-state index is -0.396. The molecule has 1 aromatic heterocycles. The highest BCUT2D eigenvalue weighted by atomic mass is 35.5. The van der Waals surface area contributed by atoms with Gasteiger partial charge in [0.1, 0.15) is 11.6 Å². The Kier molecular flexibility index (Phi) is 3.81. The molecule has 1 unspecified atom stereocenters. The van der Waals surface area contributed by atoms with Crippen LogP contribution in [0.25, 0.3) is 22.3 Å². The molecular formula is C19H15ClN2O3. The second-order valence-corrected chi connectivity index (χ2v) is 6.70. The van der Waals surface area contributed by atoms with Gasteiger partial charge in [0.2, 0.25) is 0 Å².